The zero-order valence-corrected chi connectivity index (χ0v) is 13.5. The van der Waals surface area contributed by atoms with Gasteiger partial charge in [0.25, 0.3) is 0 Å². The van der Waals surface area contributed by atoms with Gasteiger partial charge in [-0.15, -0.1) is 0 Å². The van der Waals surface area contributed by atoms with Crippen LogP contribution in [0.25, 0.3) is 0 Å². The lowest BCUT2D eigenvalue weighted by atomic mass is 9.92. The Morgan fingerprint density at radius 2 is 1.91 bits per heavy atom. The maximum Gasteiger partial charge on any atom is 0.410 e. The second-order valence-electron chi connectivity index (χ2n) is 5.97. The van der Waals surface area contributed by atoms with Crippen molar-refractivity contribution < 1.29 is 14.3 Å². The minimum atomic E-state index is -0.266. The van der Waals surface area contributed by atoms with Crippen LogP contribution in [0.3, 0.4) is 0 Å². The molecule has 22 heavy (non-hydrogen) atoms. The van der Waals surface area contributed by atoms with Crippen LogP contribution in [0.4, 0.5) is 4.79 Å². The average Bonchev–Trinajstić information content (AvgIpc) is 2.55. The first-order valence-corrected chi connectivity index (χ1v) is 8.12. The Balaban J connectivity index is 1.98. The van der Waals surface area contributed by atoms with Crippen LogP contribution in [0.2, 0.25) is 0 Å². The molecule has 1 fully saturated rings. The molecule has 0 aliphatic heterocycles. The first-order valence-electron chi connectivity index (χ1n) is 8.12. The van der Waals surface area contributed by atoms with Gasteiger partial charge in [0.15, 0.2) is 0 Å². The van der Waals surface area contributed by atoms with E-state index in [4.69, 9.17) is 4.74 Å². The van der Waals surface area contributed by atoms with Gasteiger partial charge in [0.2, 0.25) is 0 Å². The number of Topliss-reactive ketones (excluding diaryl/α,β-unsaturated/α-hetero) is 1. The first-order chi connectivity index (χ1) is 10.6. The maximum absolute atomic E-state index is 12.5. The molecule has 2 rings (SSSR count). The number of amides is 1. The molecule has 4 nitrogen and oxygen atoms in total. The summed E-state index contributed by atoms with van der Waals surface area (Å²) in [6.07, 6.45) is 3.27. The number of carbonyl (C=O) groups excluding carboxylic acids is 2. The molecule has 4 heteroatoms. The predicted molar refractivity (Wildman–Crippen MR) is 85.5 cm³/mol. The zero-order valence-electron chi connectivity index (χ0n) is 13.5. The number of ether oxygens (including phenoxy) is 1. The molecule has 1 amide bonds. The Labute approximate surface area is 132 Å². The SMILES string of the molecule is CC[C@@H](C)N(C(=O)OCc1ccccc1)C1CCC(=O)CC1. The van der Waals surface area contributed by atoms with Gasteiger partial charge in [0.1, 0.15) is 12.4 Å². The lowest BCUT2D eigenvalue weighted by molar-refractivity contribution is -0.121. The molecule has 1 atom stereocenters. The van der Waals surface area contributed by atoms with Gasteiger partial charge in [0, 0.05) is 24.9 Å². The number of hydrogen-bond acceptors (Lipinski definition) is 3. The van der Waals surface area contributed by atoms with Crippen LogP contribution >= 0.6 is 0 Å². The van der Waals surface area contributed by atoms with E-state index in [1.54, 1.807) is 0 Å². The number of carbonyl (C=O) groups is 2. The van der Waals surface area contributed by atoms with E-state index in [9.17, 15) is 9.59 Å². The largest absolute Gasteiger partial charge is 0.445 e. The number of ketones is 1. The quantitative estimate of drug-likeness (QED) is 0.828. The second-order valence-corrected chi connectivity index (χ2v) is 5.97. The molecule has 1 aliphatic rings. The Morgan fingerprint density at radius 3 is 2.50 bits per heavy atom. The third kappa shape index (κ3) is 4.33. The van der Waals surface area contributed by atoms with E-state index in [2.05, 4.69) is 6.92 Å². The standard InChI is InChI=1S/C18H25NO3/c1-3-14(2)19(16-9-11-17(20)12-10-16)18(21)22-13-15-7-5-4-6-8-15/h4-8,14,16H,3,9-13H2,1-2H3/t14-/m1/s1. The summed E-state index contributed by atoms with van der Waals surface area (Å²) in [5, 5.41) is 0. The lowest BCUT2D eigenvalue weighted by Gasteiger charge is -2.37. The van der Waals surface area contributed by atoms with Crippen LogP contribution in [-0.2, 0) is 16.1 Å². The van der Waals surface area contributed by atoms with Gasteiger partial charge in [-0.2, -0.15) is 0 Å². The van der Waals surface area contributed by atoms with Crippen molar-refractivity contribution in [1.29, 1.82) is 0 Å². The van der Waals surface area contributed by atoms with E-state index in [0.29, 0.717) is 18.6 Å². The summed E-state index contributed by atoms with van der Waals surface area (Å²) in [6, 6.07) is 9.94. The van der Waals surface area contributed by atoms with Crippen molar-refractivity contribution in [3.63, 3.8) is 0 Å². The number of rotatable bonds is 5. The van der Waals surface area contributed by atoms with Crippen LogP contribution in [0, 0.1) is 0 Å². The summed E-state index contributed by atoms with van der Waals surface area (Å²) >= 11 is 0. The fourth-order valence-electron chi connectivity index (χ4n) is 2.88. The van der Waals surface area contributed by atoms with E-state index < -0.39 is 0 Å². The Bertz CT molecular complexity index is 490. The molecule has 1 aliphatic carbocycles. The third-order valence-corrected chi connectivity index (χ3v) is 4.39. The summed E-state index contributed by atoms with van der Waals surface area (Å²) in [5.74, 6) is 0.304. The summed E-state index contributed by atoms with van der Waals surface area (Å²) in [6.45, 7) is 4.40. The monoisotopic (exact) mass is 303 g/mol. The molecule has 0 unspecified atom stereocenters. The average molecular weight is 303 g/mol. The molecule has 0 N–H and O–H groups in total. The third-order valence-electron chi connectivity index (χ3n) is 4.39. The number of nitrogens with zero attached hydrogens (tertiary/aromatic N) is 1. The van der Waals surface area contributed by atoms with Crippen molar-refractivity contribution >= 4 is 11.9 Å². The van der Waals surface area contributed by atoms with Crippen molar-refractivity contribution in [3.05, 3.63) is 35.9 Å². The molecule has 0 bridgehead atoms. The second kappa shape index (κ2) is 7.97. The minimum Gasteiger partial charge on any atom is -0.445 e. The van der Waals surface area contributed by atoms with E-state index >= 15 is 0 Å². The van der Waals surface area contributed by atoms with E-state index in [0.717, 1.165) is 24.8 Å². The van der Waals surface area contributed by atoms with Crippen molar-refractivity contribution in [1.82, 2.24) is 4.90 Å². The van der Waals surface area contributed by atoms with Crippen LogP contribution in [0.5, 0.6) is 0 Å². The Morgan fingerprint density at radius 1 is 1.27 bits per heavy atom. The van der Waals surface area contributed by atoms with Crippen LogP contribution in [0.1, 0.15) is 51.5 Å². The fraction of sp³-hybridized carbons (Fsp3) is 0.556. The van der Waals surface area contributed by atoms with Crippen molar-refractivity contribution in [2.75, 3.05) is 0 Å². The van der Waals surface area contributed by atoms with Gasteiger partial charge in [-0.25, -0.2) is 4.79 Å². The molecule has 0 spiro atoms. The zero-order chi connectivity index (χ0) is 15.9. The molecule has 0 heterocycles. The molecule has 1 aromatic rings. The van der Waals surface area contributed by atoms with E-state index in [1.807, 2.05) is 42.2 Å². The highest BCUT2D eigenvalue weighted by Crippen LogP contribution is 2.24. The fourth-order valence-corrected chi connectivity index (χ4v) is 2.88. The van der Waals surface area contributed by atoms with Gasteiger partial charge in [-0.1, -0.05) is 37.3 Å². The molecule has 1 saturated carbocycles. The van der Waals surface area contributed by atoms with Gasteiger partial charge in [-0.3, -0.25) is 4.79 Å². The van der Waals surface area contributed by atoms with E-state index in [-0.39, 0.29) is 24.8 Å². The highest BCUT2D eigenvalue weighted by molar-refractivity contribution is 5.79. The predicted octanol–water partition coefficient (Wildman–Crippen LogP) is 3.94. The molecule has 120 valence electrons. The Kier molecular flexibility index (Phi) is 5.99. The smallest absolute Gasteiger partial charge is 0.410 e. The van der Waals surface area contributed by atoms with E-state index in [1.165, 1.54) is 0 Å². The number of benzene rings is 1. The topological polar surface area (TPSA) is 46.6 Å². The van der Waals surface area contributed by atoms with Gasteiger partial charge in [0.05, 0.1) is 0 Å². The van der Waals surface area contributed by atoms with Crippen LogP contribution < -0.4 is 0 Å². The number of hydrogen-bond donors (Lipinski definition) is 0. The van der Waals surface area contributed by atoms with Crippen molar-refractivity contribution in [2.45, 2.75) is 64.6 Å². The highest BCUT2D eigenvalue weighted by Gasteiger charge is 2.31. The molecular formula is C18H25NO3. The van der Waals surface area contributed by atoms with Crippen molar-refractivity contribution in [3.8, 4) is 0 Å². The molecule has 0 radical (unpaired) electrons. The summed E-state index contributed by atoms with van der Waals surface area (Å²) in [5.41, 5.74) is 0.985. The van der Waals surface area contributed by atoms with Gasteiger partial charge >= 0.3 is 6.09 Å². The lowest BCUT2D eigenvalue weighted by Crippen LogP contribution is -2.47. The maximum atomic E-state index is 12.5. The molecule has 0 aromatic heterocycles. The summed E-state index contributed by atoms with van der Waals surface area (Å²) in [4.78, 5) is 25.8. The summed E-state index contributed by atoms with van der Waals surface area (Å²) in [7, 11) is 0. The summed E-state index contributed by atoms with van der Waals surface area (Å²) < 4.78 is 5.50. The van der Waals surface area contributed by atoms with Gasteiger partial charge < -0.3 is 9.64 Å². The van der Waals surface area contributed by atoms with Crippen LogP contribution in [-0.4, -0.2) is 28.9 Å². The molecule has 1 aromatic carbocycles. The normalized spacial score (nSPS) is 17.1. The Hall–Kier alpha value is -1.84. The van der Waals surface area contributed by atoms with Crippen molar-refractivity contribution in [2.24, 2.45) is 0 Å². The highest BCUT2D eigenvalue weighted by atomic mass is 16.6. The molecular weight excluding hydrogens is 278 g/mol. The van der Waals surface area contributed by atoms with Gasteiger partial charge in [-0.05, 0) is 31.7 Å². The first kappa shape index (κ1) is 16.5. The van der Waals surface area contributed by atoms with Crippen LogP contribution in [0.15, 0.2) is 30.3 Å². The molecule has 0 saturated heterocycles. The minimum absolute atomic E-state index is 0.121.